The molecule has 0 aliphatic carbocycles. The average molecular weight is 261 g/mol. The van der Waals surface area contributed by atoms with Crippen LogP contribution in [-0.2, 0) is 6.54 Å². The van der Waals surface area contributed by atoms with Gasteiger partial charge in [-0.25, -0.2) is 18.3 Å². The summed E-state index contributed by atoms with van der Waals surface area (Å²) in [7, 11) is 0. The lowest BCUT2D eigenvalue weighted by Gasteiger charge is -2.01. The predicted molar refractivity (Wildman–Crippen MR) is 64.9 cm³/mol. The summed E-state index contributed by atoms with van der Waals surface area (Å²) < 4.78 is 28.8. The maximum Gasteiger partial charge on any atom is 0.350 e. The quantitative estimate of drug-likeness (QED) is 0.706. The van der Waals surface area contributed by atoms with E-state index in [9.17, 15) is 13.6 Å². The number of hydrogen-bond acceptors (Lipinski definition) is 2. The molecule has 0 saturated carbocycles. The Morgan fingerprint density at radius 3 is 2.74 bits per heavy atom. The first-order valence-electron chi connectivity index (χ1n) is 5.63. The summed E-state index contributed by atoms with van der Waals surface area (Å²) in [5, 5.41) is 4.08. The normalized spacial score (nSPS) is 11.1. The maximum absolute atomic E-state index is 13.5. The number of halogens is 2. The molecule has 0 saturated heterocycles. The Labute approximate surface area is 106 Å². The molecular weight excluding hydrogens is 252 g/mol. The van der Waals surface area contributed by atoms with Crippen LogP contribution in [0.2, 0.25) is 0 Å². The fourth-order valence-corrected chi connectivity index (χ4v) is 1.88. The van der Waals surface area contributed by atoms with Gasteiger partial charge in [0.15, 0.2) is 5.65 Å². The summed E-state index contributed by atoms with van der Waals surface area (Å²) in [5.74, 6) is -1.34. The van der Waals surface area contributed by atoms with Gasteiger partial charge < -0.3 is 0 Å². The van der Waals surface area contributed by atoms with E-state index in [0.29, 0.717) is 5.65 Å². The van der Waals surface area contributed by atoms with Gasteiger partial charge in [0.2, 0.25) is 0 Å². The number of fused-ring (bicyclic) bond motifs is 1. The number of hydrogen-bond donors (Lipinski definition) is 0. The molecule has 0 N–H and O–H groups in total. The standard InChI is InChI=1S/C13H9F2N3O/c14-10-5-4-9(11(15)7-10)8-18-13(19)17-6-2-1-3-12(17)16-18/h1-7H,8H2. The van der Waals surface area contributed by atoms with E-state index < -0.39 is 11.6 Å². The number of rotatable bonds is 2. The molecule has 6 heteroatoms. The lowest BCUT2D eigenvalue weighted by molar-refractivity contribution is 0.554. The summed E-state index contributed by atoms with van der Waals surface area (Å²) in [6, 6.07) is 8.39. The third-order valence-electron chi connectivity index (χ3n) is 2.82. The Morgan fingerprint density at radius 1 is 1.16 bits per heavy atom. The van der Waals surface area contributed by atoms with Gasteiger partial charge in [0.1, 0.15) is 11.6 Å². The maximum atomic E-state index is 13.5. The van der Waals surface area contributed by atoms with E-state index in [1.807, 2.05) is 0 Å². The molecule has 0 amide bonds. The minimum absolute atomic E-state index is 0.0351. The first-order chi connectivity index (χ1) is 9.15. The molecule has 0 aliphatic rings. The lowest BCUT2D eigenvalue weighted by atomic mass is 10.2. The van der Waals surface area contributed by atoms with Gasteiger partial charge in [0.05, 0.1) is 6.54 Å². The van der Waals surface area contributed by atoms with Gasteiger partial charge in [0.25, 0.3) is 0 Å². The third kappa shape index (κ3) is 2.01. The molecule has 96 valence electrons. The third-order valence-corrected chi connectivity index (χ3v) is 2.82. The lowest BCUT2D eigenvalue weighted by Crippen LogP contribution is -2.22. The SMILES string of the molecule is O=c1n(Cc2ccc(F)cc2F)nc2ccccn12. The summed E-state index contributed by atoms with van der Waals surface area (Å²) in [5.41, 5.74) is 0.334. The van der Waals surface area contributed by atoms with Crippen molar-refractivity contribution >= 4 is 5.65 Å². The fraction of sp³-hybridized carbons (Fsp3) is 0.0769. The van der Waals surface area contributed by atoms with E-state index in [4.69, 9.17) is 0 Å². The van der Waals surface area contributed by atoms with E-state index >= 15 is 0 Å². The van der Waals surface area contributed by atoms with E-state index in [1.165, 1.54) is 10.5 Å². The van der Waals surface area contributed by atoms with Crippen molar-refractivity contribution in [1.82, 2.24) is 14.2 Å². The van der Waals surface area contributed by atoms with Crippen molar-refractivity contribution in [3.05, 3.63) is 70.3 Å². The fourth-order valence-electron chi connectivity index (χ4n) is 1.88. The molecule has 3 rings (SSSR count). The van der Waals surface area contributed by atoms with Gasteiger partial charge >= 0.3 is 5.69 Å². The van der Waals surface area contributed by atoms with Crippen molar-refractivity contribution in [2.75, 3.05) is 0 Å². The van der Waals surface area contributed by atoms with Crippen LogP contribution in [0.5, 0.6) is 0 Å². The van der Waals surface area contributed by atoms with E-state index in [0.717, 1.165) is 16.8 Å². The summed E-state index contributed by atoms with van der Waals surface area (Å²) in [6.07, 6.45) is 1.59. The molecule has 0 unspecified atom stereocenters. The zero-order chi connectivity index (χ0) is 13.4. The molecular formula is C13H9F2N3O. The van der Waals surface area contributed by atoms with Crippen molar-refractivity contribution < 1.29 is 8.78 Å². The van der Waals surface area contributed by atoms with Gasteiger partial charge in [-0.2, -0.15) is 0 Å². The van der Waals surface area contributed by atoms with Gasteiger partial charge in [-0.3, -0.25) is 4.40 Å². The first kappa shape index (κ1) is 11.6. The predicted octanol–water partition coefficient (Wildman–Crippen LogP) is 1.82. The molecule has 4 nitrogen and oxygen atoms in total. The Balaban J connectivity index is 2.06. The Bertz CT molecular complexity index is 807. The van der Waals surface area contributed by atoms with Crippen LogP contribution in [0.4, 0.5) is 8.78 Å². The Kier molecular flexibility index (Phi) is 2.63. The number of aromatic nitrogens is 3. The molecule has 0 aliphatic heterocycles. The molecule has 2 heterocycles. The zero-order valence-electron chi connectivity index (χ0n) is 9.75. The van der Waals surface area contributed by atoms with Gasteiger partial charge in [-0.05, 0) is 18.2 Å². The van der Waals surface area contributed by atoms with Gasteiger partial charge in [-0.1, -0.05) is 12.1 Å². The summed E-state index contributed by atoms with van der Waals surface area (Å²) >= 11 is 0. The van der Waals surface area contributed by atoms with Crippen LogP contribution in [0.3, 0.4) is 0 Å². The topological polar surface area (TPSA) is 39.3 Å². The second-order valence-electron chi connectivity index (χ2n) is 4.10. The van der Waals surface area contributed by atoms with Crippen LogP contribution in [0.15, 0.2) is 47.4 Å². The highest BCUT2D eigenvalue weighted by atomic mass is 19.1. The van der Waals surface area contributed by atoms with Crippen molar-refractivity contribution in [3.63, 3.8) is 0 Å². The van der Waals surface area contributed by atoms with E-state index in [2.05, 4.69) is 5.10 Å². The average Bonchev–Trinajstić information content (AvgIpc) is 2.70. The minimum Gasteiger partial charge on any atom is -0.250 e. The molecule has 2 aromatic heterocycles. The highest BCUT2D eigenvalue weighted by Crippen LogP contribution is 2.10. The number of benzene rings is 1. The monoisotopic (exact) mass is 261 g/mol. The van der Waals surface area contributed by atoms with Crippen LogP contribution >= 0.6 is 0 Å². The van der Waals surface area contributed by atoms with Gasteiger partial charge in [0, 0.05) is 17.8 Å². The first-order valence-corrected chi connectivity index (χ1v) is 5.63. The zero-order valence-corrected chi connectivity index (χ0v) is 9.75. The molecule has 19 heavy (non-hydrogen) atoms. The summed E-state index contributed by atoms with van der Waals surface area (Å²) in [6.45, 7) is -0.0351. The van der Waals surface area contributed by atoms with Crippen molar-refractivity contribution in [2.24, 2.45) is 0 Å². The van der Waals surface area contributed by atoms with E-state index in [1.54, 1.807) is 24.4 Å². The second kappa shape index (κ2) is 4.31. The largest absolute Gasteiger partial charge is 0.350 e. The molecule has 1 aromatic carbocycles. The van der Waals surface area contributed by atoms with Crippen molar-refractivity contribution in [3.8, 4) is 0 Å². The molecule has 0 atom stereocenters. The van der Waals surface area contributed by atoms with Crippen LogP contribution in [0.1, 0.15) is 5.56 Å². The highest BCUT2D eigenvalue weighted by Gasteiger charge is 2.09. The second-order valence-corrected chi connectivity index (χ2v) is 4.10. The van der Waals surface area contributed by atoms with Crippen molar-refractivity contribution in [1.29, 1.82) is 0 Å². The number of pyridine rings is 1. The molecule has 3 aromatic rings. The Hall–Kier alpha value is -2.50. The Morgan fingerprint density at radius 2 is 2.00 bits per heavy atom. The summed E-state index contributed by atoms with van der Waals surface area (Å²) in [4.78, 5) is 12.0. The van der Waals surface area contributed by atoms with Gasteiger partial charge in [-0.15, -0.1) is 5.10 Å². The molecule has 0 fully saturated rings. The highest BCUT2D eigenvalue weighted by molar-refractivity contribution is 5.35. The number of nitrogens with zero attached hydrogens (tertiary/aromatic N) is 3. The van der Waals surface area contributed by atoms with Crippen LogP contribution in [0.25, 0.3) is 5.65 Å². The van der Waals surface area contributed by atoms with Crippen LogP contribution < -0.4 is 5.69 Å². The van der Waals surface area contributed by atoms with Crippen LogP contribution in [0, 0.1) is 11.6 Å². The smallest absolute Gasteiger partial charge is 0.250 e. The molecule has 0 spiro atoms. The van der Waals surface area contributed by atoms with Crippen LogP contribution in [-0.4, -0.2) is 14.2 Å². The van der Waals surface area contributed by atoms with Crippen molar-refractivity contribution in [2.45, 2.75) is 6.54 Å². The van der Waals surface area contributed by atoms with E-state index in [-0.39, 0.29) is 17.8 Å². The molecule has 0 radical (unpaired) electrons. The molecule has 0 bridgehead atoms. The minimum atomic E-state index is -0.691.